The minimum Gasteiger partial charge on any atom is -1.00 e. The molecule has 1 unspecified atom stereocenters. The lowest BCUT2D eigenvalue weighted by Gasteiger charge is -2.31. The van der Waals surface area contributed by atoms with Crippen molar-refractivity contribution < 1.29 is 38.4 Å². The third-order valence-corrected chi connectivity index (χ3v) is 4.97. The lowest BCUT2D eigenvalue weighted by atomic mass is 9.95. The van der Waals surface area contributed by atoms with E-state index in [1.807, 2.05) is 36.5 Å². The number of benzene rings is 1. The van der Waals surface area contributed by atoms with Crippen LogP contribution in [0, 0.1) is 5.92 Å². The highest BCUT2D eigenvalue weighted by Crippen LogP contribution is 2.20. The van der Waals surface area contributed by atoms with Crippen molar-refractivity contribution in [3.05, 3.63) is 60.2 Å². The Kier molecular flexibility index (Phi) is 6.27. The lowest BCUT2D eigenvalue weighted by Crippen LogP contribution is -3.09. The molecule has 1 aromatic carbocycles. The van der Waals surface area contributed by atoms with Crippen LogP contribution in [0.15, 0.2) is 64.6 Å². The van der Waals surface area contributed by atoms with E-state index >= 15 is 0 Å². The topological polar surface area (TPSA) is 84.7 Å². The second kappa shape index (κ2) is 8.66. The number of nitrogens with zero attached hydrogens (tertiary/aromatic N) is 3. The summed E-state index contributed by atoms with van der Waals surface area (Å²) >= 11 is 0. The van der Waals surface area contributed by atoms with Crippen molar-refractivity contribution in [2.45, 2.75) is 19.4 Å². The quantitative estimate of drug-likeness (QED) is 0.493. The fourth-order valence-corrected chi connectivity index (χ4v) is 3.52. The largest absolute Gasteiger partial charge is 1.00 e. The number of hydrogen-bond acceptors (Lipinski definition) is 5. The molecule has 3 heterocycles. The van der Waals surface area contributed by atoms with Gasteiger partial charge in [-0.25, -0.2) is 19.7 Å². The molecule has 142 valence electrons. The fraction of sp³-hybridized carbons (Fsp3) is 0.316. The molecule has 3 aliphatic heterocycles. The minimum absolute atomic E-state index is 0. The number of nitrogens with one attached hydrogen (secondary N) is 1. The highest BCUT2D eigenvalue weighted by molar-refractivity contribution is 5.99. The molecule has 1 fully saturated rings. The predicted molar refractivity (Wildman–Crippen MR) is 98.2 cm³/mol. The maximum absolute atomic E-state index is 12.3. The molecule has 8 heteroatoms. The van der Waals surface area contributed by atoms with Gasteiger partial charge in [-0.15, -0.1) is 0 Å². The van der Waals surface area contributed by atoms with Crippen LogP contribution in [0.2, 0.25) is 0 Å². The van der Waals surface area contributed by atoms with Gasteiger partial charge in [0.05, 0.1) is 18.3 Å². The van der Waals surface area contributed by atoms with E-state index < -0.39 is 0 Å². The molecule has 0 spiro atoms. The van der Waals surface area contributed by atoms with Crippen molar-refractivity contribution in [3.8, 4) is 0 Å². The van der Waals surface area contributed by atoms with Crippen molar-refractivity contribution >= 4 is 17.8 Å². The summed E-state index contributed by atoms with van der Waals surface area (Å²) in [4.78, 5) is 23.8. The molecule has 4 rings (SSSR count). The van der Waals surface area contributed by atoms with E-state index in [9.17, 15) is 4.79 Å². The van der Waals surface area contributed by atoms with Crippen LogP contribution in [0.1, 0.15) is 18.4 Å². The van der Waals surface area contributed by atoms with Gasteiger partial charge < -0.3 is 39.3 Å². The van der Waals surface area contributed by atoms with Gasteiger partial charge in [0.15, 0.2) is 5.84 Å². The number of quaternary nitrogens is 1. The minimum atomic E-state index is -0.249. The van der Waals surface area contributed by atoms with Crippen LogP contribution < -0.4 is 34.6 Å². The molecule has 27 heavy (non-hydrogen) atoms. The van der Waals surface area contributed by atoms with Gasteiger partial charge in [0, 0.05) is 13.1 Å². The van der Waals surface area contributed by atoms with E-state index in [2.05, 4.69) is 9.98 Å². The van der Waals surface area contributed by atoms with E-state index in [1.54, 1.807) is 17.3 Å². The van der Waals surface area contributed by atoms with Crippen LogP contribution in [0.5, 0.6) is 0 Å². The summed E-state index contributed by atoms with van der Waals surface area (Å²) in [6, 6.07) is 9.72. The number of ether oxygens (including phenoxy) is 1. The van der Waals surface area contributed by atoms with Gasteiger partial charge in [-0.1, -0.05) is 30.3 Å². The van der Waals surface area contributed by atoms with Crippen molar-refractivity contribution in [2.24, 2.45) is 21.6 Å². The molecule has 1 saturated heterocycles. The van der Waals surface area contributed by atoms with E-state index in [4.69, 9.17) is 10.5 Å². The first-order valence-electron chi connectivity index (χ1n) is 8.84. The summed E-state index contributed by atoms with van der Waals surface area (Å²) in [7, 11) is 0. The number of nitrogens with two attached hydrogens (primary N) is 1. The van der Waals surface area contributed by atoms with Crippen LogP contribution in [-0.4, -0.2) is 35.8 Å². The van der Waals surface area contributed by atoms with Gasteiger partial charge in [0.1, 0.15) is 12.8 Å². The molecular weight excluding hydrogens is 457 g/mol. The SMILES string of the molecule is NC1=NC=C[NH+]2C1=CN=C2C1CCN(C(=O)OCc2ccccc2)CC1.[I-]. The molecule has 3 aliphatic rings. The van der Waals surface area contributed by atoms with Crippen LogP contribution in [0.3, 0.4) is 0 Å². The number of piperidine rings is 1. The van der Waals surface area contributed by atoms with E-state index in [-0.39, 0.29) is 30.1 Å². The molecule has 0 saturated carbocycles. The Labute approximate surface area is 175 Å². The first-order chi connectivity index (χ1) is 12.7. The van der Waals surface area contributed by atoms with Gasteiger partial charge >= 0.3 is 6.09 Å². The smallest absolute Gasteiger partial charge is 0.410 e. The fourth-order valence-electron chi connectivity index (χ4n) is 3.52. The second-order valence-corrected chi connectivity index (χ2v) is 6.60. The third kappa shape index (κ3) is 4.22. The molecule has 0 bridgehead atoms. The number of rotatable bonds is 3. The van der Waals surface area contributed by atoms with Crippen molar-refractivity contribution in [1.82, 2.24) is 4.90 Å². The number of aliphatic imine (C=N–C) groups is 2. The Morgan fingerprint density at radius 2 is 1.96 bits per heavy atom. The normalized spacial score (nSPS) is 21.6. The average molecular weight is 479 g/mol. The van der Waals surface area contributed by atoms with Crippen LogP contribution in [0.25, 0.3) is 0 Å². The van der Waals surface area contributed by atoms with E-state index in [0.717, 1.165) is 34.8 Å². The third-order valence-electron chi connectivity index (χ3n) is 4.97. The van der Waals surface area contributed by atoms with Gasteiger partial charge in [0.2, 0.25) is 11.5 Å². The van der Waals surface area contributed by atoms with Gasteiger partial charge in [-0.2, -0.15) is 0 Å². The van der Waals surface area contributed by atoms with Crippen molar-refractivity contribution in [2.75, 3.05) is 13.1 Å². The zero-order valence-electron chi connectivity index (χ0n) is 14.8. The Balaban J connectivity index is 0.00000210. The van der Waals surface area contributed by atoms with Crippen LogP contribution in [-0.2, 0) is 11.3 Å². The van der Waals surface area contributed by atoms with Crippen LogP contribution in [0.4, 0.5) is 4.79 Å². The van der Waals surface area contributed by atoms with Crippen LogP contribution >= 0.6 is 0 Å². The van der Waals surface area contributed by atoms with Crippen molar-refractivity contribution in [1.29, 1.82) is 0 Å². The zero-order chi connectivity index (χ0) is 17.9. The number of carbonyl (C=O) groups is 1. The number of carbonyl (C=O) groups excluding carboxylic acids is 1. The number of halogens is 1. The summed E-state index contributed by atoms with van der Waals surface area (Å²) in [5.74, 6) is 1.90. The van der Waals surface area contributed by atoms with Gasteiger partial charge in [-0.05, 0) is 18.4 Å². The summed E-state index contributed by atoms with van der Waals surface area (Å²) in [5.41, 5.74) is 7.83. The number of amidine groups is 2. The standard InChI is InChI=1S/C19H21N5O2.HI/c20-17-16-12-22-18(24(16)11-8-21-17)15-6-9-23(10-7-15)19(25)26-13-14-4-2-1-3-5-14;/h1-5,8,11-12,15H,6-7,9-10,13H2,(H2,20,21);1H. The summed E-state index contributed by atoms with van der Waals surface area (Å²) < 4.78 is 5.43. The molecule has 1 aromatic rings. The molecule has 0 aromatic heterocycles. The highest BCUT2D eigenvalue weighted by Gasteiger charge is 2.37. The van der Waals surface area contributed by atoms with Crippen molar-refractivity contribution in [3.63, 3.8) is 0 Å². The summed E-state index contributed by atoms with van der Waals surface area (Å²) in [5, 5.41) is 0. The summed E-state index contributed by atoms with van der Waals surface area (Å²) in [6.07, 6.45) is 6.98. The Bertz CT molecular complexity index is 811. The molecule has 7 nitrogen and oxygen atoms in total. The number of fused-ring (bicyclic) bond motifs is 1. The predicted octanol–water partition coefficient (Wildman–Crippen LogP) is -1.98. The number of amides is 1. The lowest BCUT2D eigenvalue weighted by molar-refractivity contribution is -0.694. The van der Waals surface area contributed by atoms with E-state index in [0.29, 0.717) is 31.4 Å². The highest BCUT2D eigenvalue weighted by atomic mass is 127. The number of likely N-dealkylation sites (tertiary alicyclic amines) is 1. The molecular formula is C19H22IN5O2. The molecule has 1 atom stereocenters. The Morgan fingerprint density at radius 3 is 2.70 bits per heavy atom. The molecule has 0 radical (unpaired) electrons. The first kappa shape index (κ1) is 19.6. The number of hydrogen-bond donors (Lipinski definition) is 2. The Morgan fingerprint density at radius 1 is 1.22 bits per heavy atom. The van der Waals surface area contributed by atoms with Gasteiger partial charge in [0.25, 0.3) is 0 Å². The Hall–Kier alpha value is -2.20. The molecule has 0 aliphatic carbocycles. The van der Waals surface area contributed by atoms with E-state index in [1.165, 1.54) is 0 Å². The monoisotopic (exact) mass is 479 g/mol. The molecule has 3 N–H and O–H groups in total. The molecule has 1 amide bonds. The zero-order valence-corrected chi connectivity index (χ0v) is 17.0. The second-order valence-electron chi connectivity index (χ2n) is 6.60. The average Bonchev–Trinajstić information content (AvgIpc) is 3.12. The maximum Gasteiger partial charge on any atom is 0.410 e. The maximum atomic E-state index is 12.3. The summed E-state index contributed by atoms with van der Waals surface area (Å²) in [6.45, 7) is 1.65. The van der Waals surface area contributed by atoms with Gasteiger partial charge in [-0.3, -0.25) is 0 Å². The first-order valence-corrected chi connectivity index (χ1v) is 8.84.